The lowest BCUT2D eigenvalue weighted by molar-refractivity contribution is -0.161. The van der Waals surface area contributed by atoms with Crippen molar-refractivity contribution in [3.63, 3.8) is 0 Å². The second-order valence-electron chi connectivity index (χ2n) is 4.27. The molecule has 18 heavy (non-hydrogen) atoms. The smallest absolute Gasteiger partial charge is 0.255 e. The molecule has 2 amide bonds. The van der Waals surface area contributed by atoms with Gasteiger partial charge in [0.1, 0.15) is 13.2 Å². The maximum Gasteiger partial charge on any atom is 0.255 e. The largest absolute Gasteiger partial charge is 0.362 e. The Morgan fingerprint density at radius 1 is 1.22 bits per heavy atom. The number of benzene rings is 1. The van der Waals surface area contributed by atoms with Crippen molar-refractivity contribution >= 4 is 11.8 Å². The molecule has 0 radical (unpaired) electrons. The number of ether oxygens (including phenoxy) is 1. The normalized spacial score (nSPS) is 18.0. The molecular formula is C13H16N2O3. The first-order chi connectivity index (χ1) is 8.63. The Hall–Kier alpha value is -1.72. The minimum Gasteiger partial charge on any atom is -0.362 e. The zero-order valence-corrected chi connectivity index (χ0v) is 10.3. The quantitative estimate of drug-likeness (QED) is 0.795. The third-order valence-corrected chi connectivity index (χ3v) is 3.07. The summed E-state index contributed by atoms with van der Waals surface area (Å²) in [5.74, 6) is -0.580. The number of nitrogens with two attached hydrogens (primary N) is 1. The summed E-state index contributed by atoms with van der Waals surface area (Å²) in [7, 11) is 0. The molecule has 0 spiro atoms. The lowest BCUT2D eigenvalue weighted by Gasteiger charge is -2.30. The molecule has 0 aromatic heterocycles. The van der Waals surface area contributed by atoms with Crippen molar-refractivity contribution in [2.75, 3.05) is 13.2 Å². The van der Waals surface area contributed by atoms with Crippen molar-refractivity contribution in [1.82, 2.24) is 4.90 Å². The summed E-state index contributed by atoms with van der Waals surface area (Å²) in [4.78, 5) is 24.7. The summed E-state index contributed by atoms with van der Waals surface area (Å²) in [6.07, 6.45) is 0. The number of carbonyl (C=O) groups is 2. The molecule has 1 unspecified atom stereocenters. The number of carbonyl (C=O) groups excluding carboxylic acids is 2. The molecular weight excluding hydrogens is 232 g/mol. The van der Waals surface area contributed by atoms with Crippen molar-refractivity contribution in [3.05, 3.63) is 35.4 Å². The van der Waals surface area contributed by atoms with Gasteiger partial charge in [0.2, 0.25) is 0 Å². The molecule has 2 N–H and O–H groups in total. The van der Waals surface area contributed by atoms with Gasteiger partial charge in [-0.05, 0) is 18.1 Å². The summed E-state index contributed by atoms with van der Waals surface area (Å²) >= 11 is 0. The van der Waals surface area contributed by atoms with Gasteiger partial charge in [0, 0.05) is 6.54 Å². The topological polar surface area (TPSA) is 72.6 Å². The second kappa shape index (κ2) is 5.29. The van der Waals surface area contributed by atoms with Gasteiger partial charge in [-0.1, -0.05) is 24.3 Å². The molecule has 1 fully saturated rings. The first-order valence-corrected chi connectivity index (χ1v) is 5.85. The van der Waals surface area contributed by atoms with E-state index in [4.69, 9.17) is 10.5 Å². The molecule has 1 aromatic rings. The van der Waals surface area contributed by atoms with Crippen LogP contribution in [0, 0.1) is 0 Å². The maximum absolute atomic E-state index is 11.7. The number of rotatable bonds is 3. The number of hydrogen-bond donors (Lipinski definition) is 1. The molecule has 1 saturated heterocycles. The molecule has 5 heteroatoms. The molecule has 1 aliphatic heterocycles. The Labute approximate surface area is 106 Å². The Kier molecular flexibility index (Phi) is 3.74. The Morgan fingerprint density at radius 3 is 2.28 bits per heavy atom. The van der Waals surface area contributed by atoms with Crippen LogP contribution >= 0.6 is 0 Å². The minimum absolute atomic E-state index is 0.0308. The molecule has 2 rings (SSSR count). The standard InChI is InChI=1S/C13H16N2O3/c1-9(11-4-2-10(6-14)3-5-11)15-12(16)7-18-8-13(15)17/h2-5,9H,6-8,14H2,1H3. The zero-order chi connectivity index (χ0) is 13.1. The first-order valence-electron chi connectivity index (χ1n) is 5.85. The van der Waals surface area contributed by atoms with Crippen LogP contribution in [0.15, 0.2) is 24.3 Å². The zero-order valence-electron chi connectivity index (χ0n) is 10.3. The highest BCUT2D eigenvalue weighted by Crippen LogP contribution is 2.22. The van der Waals surface area contributed by atoms with Gasteiger partial charge >= 0.3 is 0 Å². The summed E-state index contributed by atoms with van der Waals surface area (Å²) in [6, 6.07) is 7.31. The van der Waals surface area contributed by atoms with Gasteiger partial charge in [-0.25, -0.2) is 0 Å². The Morgan fingerprint density at radius 2 is 1.78 bits per heavy atom. The van der Waals surface area contributed by atoms with E-state index in [1.807, 2.05) is 31.2 Å². The van der Waals surface area contributed by atoms with Crippen LogP contribution in [-0.4, -0.2) is 29.9 Å². The van der Waals surface area contributed by atoms with Gasteiger partial charge in [0.15, 0.2) is 0 Å². The van der Waals surface area contributed by atoms with Gasteiger partial charge in [0.05, 0.1) is 6.04 Å². The summed E-state index contributed by atoms with van der Waals surface area (Å²) in [6.45, 7) is 2.25. The number of morpholine rings is 1. The van der Waals surface area contributed by atoms with Crippen LogP contribution in [0.5, 0.6) is 0 Å². The van der Waals surface area contributed by atoms with E-state index < -0.39 is 0 Å². The SMILES string of the molecule is CC(c1ccc(CN)cc1)N1C(=O)COCC1=O. The Balaban J connectivity index is 2.20. The summed E-state index contributed by atoms with van der Waals surface area (Å²) in [5, 5.41) is 0. The lowest BCUT2D eigenvalue weighted by atomic mass is 10.0. The van der Waals surface area contributed by atoms with E-state index in [-0.39, 0.29) is 31.1 Å². The van der Waals surface area contributed by atoms with Crippen LogP contribution in [0.25, 0.3) is 0 Å². The molecule has 0 bridgehead atoms. The monoisotopic (exact) mass is 248 g/mol. The van der Waals surface area contributed by atoms with Gasteiger partial charge in [-0.15, -0.1) is 0 Å². The highest BCUT2D eigenvalue weighted by atomic mass is 16.5. The molecule has 0 aliphatic carbocycles. The van der Waals surface area contributed by atoms with Crippen molar-refractivity contribution in [1.29, 1.82) is 0 Å². The van der Waals surface area contributed by atoms with Crippen molar-refractivity contribution in [2.45, 2.75) is 19.5 Å². The van der Waals surface area contributed by atoms with E-state index >= 15 is 0 Å². The maximum atomic E-state index is 11.7. The van der Waals surface area contributed by atoms with Crippen LogP contribution in [0.3, 0.4) is 0 Å². The fraction of sp³-hybridized carbons (Fsp3) is 0.385. The highest BCUT2D eigenvalue weighted by Gasteiger charge is 2.31. The van der Waals surface area contributed by atoms with E-state index in [0.29, 0.717) is 6.54 Å². The summed E-state index contributed by atoms with van der Waals surface area (Å²) < 4.78 is 4.89. The van der Waals surface area contributed by atoms with E-state index in [2.05, 4.69) is 0 Å². The fourth-order valence-corrected chi connectivity index (χ4v) is 2.02. The van der Waals surface area contributed by atoms with Crippen molar-refractivity contribution in [3.8, 4) is 0 Å². The van der Waals surface area contributed by atoms with Gasteiger partial charge in [0.25, 0.3) is 11.8 Å². The fourth-order valence-electron chi connectivity index (χ4n) is 2.02. The predicted octanol–water partition coefficient (Wildman–Crippen LogP) is 0.592. The molecule has 0 saturated carbocycles. The van der Waals surface area contributed by atoms with Crippen LogP contribution in [0.4, 0.5) is 0 Å². The molecule has 1 aromatic carbocycles. The molecule has 96 valence electrons. The summed E-state index contributed by atoms with van der Waals surface area (Å²) in [5.41, 5.74) is 7.46. The lowest BCUT2D eigenvalue weighted by Crippen LogP contribution is -2.47. The van der Waals surface area contributed by atoms with Gasteiger partial charge in [-0.2, -0.15) is 0 Å². The van der Waals surface area contributed by atoms with E-state index in [0.717, 1.165) is 11.1 Å². The van der Waals surface area contributed by atoms with Gasteiger partial charge < -0.3 is 10.5 Å². The van der Waals surface area contributed by atoms with Crippen molar-refractivity contribution in [2.24, 2.45) is 5.73 Å². The van der Waals surface area contributed by atoms with Crippen LogP contribution < -0.4 is 5.73 Å². The third-order valence-electron chi connectivity index (χ3n) is 3.07. The number of amides is 2. The van der Waals surface area contributed by atoms with Crippen LogP contribution in [-0.2, 0) is 20.9 Å². The number of imide groups is 1. The predicted molar refractivity (Wildman–Crippen MR) is 65.4 cm³/mol. The van der Waals surface area contributed by atoms with Crippen molar-refractivity contribution < 1.29 is 14.3 Å². The number of hydrogen-bond acceptors (Lipinski definition) is 4. The van der Waals surface area contributed by atoms with E-state index in [1.165, 1.54) is 4.90 Å². The molecule has 1 atom stereocenters. The van der Waals surface area contributed by atoms with E-state index in [9.17, 15) is 9.59 Å². The number of nitrogens with zero attached hydrogens (tertiary/aromatic N) is 1. The van der Waals surface area contributed by atoms with Gasteiger partial charge in [-0.3, -0.25) is 14.5 Å². The second-order valence-corrected chi connectivity index (χ2v) is 4.27. The highest BCUT2D eigenvalue weighted by molar-refractivity contribution is 5.98. The van der Waals surface area contributed by atoms with E-state index in [1.54, 1.807) is 0 Å². The average Bonchev–Trinajstić information content (AvgIpc) is 2.38. The average molecular weight is 248 g/mol. The minimum atomic E-state index is -0.290. The molecule has 5 nitrogen and oxygen atoms in total. The van der Waals surface area contributed by atoms with Crippen LogP contribution in [0.1, 0.15) is 24.1 Å². The van der Waals surface area contributed by atoms with Crippen LogP contribution in [0.2, 0.25) is 0 Å². The first kappa shape index (κ1) is 12.7. The molecule has 1 heterocycles. The molecule has 1 aliphatic rings. The Bertz CT molecular complexity index is 440. The third kappa shape index (κ3) is 2.42.